The molecule has 1 aliphatic carbocycles. The van der Waals surface area contributed by atoms with Crippen LogP contribution < -0.4 is 0 Å². The van der Waals surface area contributed by atoms with Gasteiger partial charge in [-0.05, 0) is 64.2 Å². The number of quaternary nitrogens is 1. The number of hydrogen-bond donors (Lipinski definition) is 4. The van der Waals surface area contributed by atoms with Crippen LogP contribution in [-0.4, -0.2) is 114 Å². The predicted molar refractivity (Wildman–Crippen MR) is 245 cm³/mol. The lowest BCUT2D eigenvalue weighted by atomic mass is 9.87. The zero-order chi connectivity index (χ0) is 46.1. The van der Waals surface area contributed by atoms with E-state index in [0.29, 0.717) is 36.7 Å². The van der Waals surface area contributed by atoms with Crippen molar-refractivity contribution in [3.63, 3.8) is 0 Å². The number of nitrogens with zero attached hydrogens (tertiary/aromatic N) is 1. The van der Waals surface area contributed by atoms with E-state index < -0.39 is 62.6 Å². The third-order valence-corrected chi connectivity index (χ3v) is 11.5. The molecule has 0 heterocycles. The maximum absolute atomic E-state index is 12.9. The smallest absolute Gasteiger partial charge is 0.462 e. The number of esters is 2. The summed E-state index contributed by atoms with van der Waals surface area (Å²) < 4.78 is 34.2. The Kier molecular flexibility index (Phi) is 32.0. The number of rotatable bonds is 37. The van der Waals surface area contributed by atoms with E-state index >= 15 is 0 Å². The SMILES string of the molecule is CC/C=C\C/C=C\C/C=C\C/C=C\CCCCCCC(=O)O[C@H](COC(=O)CCCCC(=O)C[C@@H]1[C@@H](/C=C/[C@@H](O)CCCCC)[C@H](O)C[C@@H]1O)COP(=O)(O)OCC[N+](C)(C)C. The van der Waals surface area contributed by atoms with Gasteiger partial charge in [-0.25, -0.2) is 4.57 Å². The van der Waals surface area contributed by atoms with Gasteiger partial charge in [-0.2, -0.15) is 0 Å². The van der Waals surface area contributed by atoms with Crippen LogP contribution in [0.3, 0.4) is 0 Å². The number of aliphatic hydroxyl groups excluding tert-OH is 3. The van der Waals surface area contributed by atoms with E-state index in [1.54, 1.807) is 12.2 Å². The third kappa shape index (κ3) is 31.2. The summed E-state index contributed by atoms with van der Waals surface area (Å²) in [4.78, 5) is 48.5. The first-order valence-corrected chi connectivity index (χ1v) is 24.7. The van der Waals surface area contributed by atoms with Gasteiger partial charge in [-0.3, -0.25) is 23.4 Å². The molecular formula is C48H83NO12P+. The minimum absolute atomic E-state index is 0.00553. The molecule has 1 saturated carbocycles. The molecule has 0 aromatic heterocycles. The number of phosphoric acid groups is 1. The van der Waals surface area contributed by atoms with Gasteiger partial charge in [0.25, 0.3) is 0 Å². The molecule has 62 heavy (non-hydrogen) atoms. The summed E-state index contributed by atoms with van der Waals surface area (Å²) >= 11 is 0. The second kappa shape index (κ2) is 34.6. The molecule has 14 heteroatoms. The van der Waals surface area contributed by atoms with Crippen LogP contribution in [0.4, 0.5) is 0 Å². The normalized spacial score (nSPS) is 20.5. The molecule has 0 aliphatic heterocycles. The zero-order valence-electron chi connectivity index (χ0n) is 38.7. The standard InChI is InChI=1S/C48H82NO12P/c1-6-8-10-11-12-13-14-15-16-17-18-19-20-21-22-23-25-31-48(55)61-42(39-60-62(56,57)59-35-34-49(3,4)5)38-58-47(54)30-27-26-29-41(51)36-44-43(45(52)37-46(44)53)33-32-40(50)28-24-9-7-2/h8,10,12-13,15-16,18-19,32-33,40,42-46,50,52-53H,6-7,9,11,14,17,20-31,34-39H2,1-5H3/p+1/b10-8-,13-12-,16-15-,19-18-,33-32+/t40-,42+,43+,44+,45+,46-/m0/s1. The summed E-state index contributed by atoms with van der Waals surface area (Å²) in [7, 11) is 1.25. The van der Waals surface area contributed by atoms with Crippen molar-refractivity contribution >= 4 is 25.5 Å². The Bertz CT molecular complexity index is 1420. The van der Waals surface area contributed by atoms with Crippen molar-refractivity contribution in [2.45, 2.75) is 167 Å². The number of aliphatic hydroxyl groups is 3. The van der Waals surface area contributed by atoms with Crippen molar-refractivity contribution < 1.29 is 62.2 Å². The highest BCUT2D eigenvalue weighted by Crippen LogP contribution is 2.43. The Hall–Kier alpha value is -2.74. The number of Topliss-reactive ketones (excluding diaryl/α,β-unsaturated/α-hetero) is 1. The van der Waals surface area contributed by atoms with Crippen LogP contribution in [0.5, 0.6) is 0 Å². The minimum atomic E-state index is -4.48. The molecule has 0 amide bonds. The molecule has 356 valence electrons. The maximum Gasteiger partial charge on any atom is 0.472 e. The highest BCUT2D eigenvalue weighted by atomic mass is 31.2. The number of carbonyl (C=O) groups is 3. The Morgan fingerprint density at radius 3 is 2.02 bits per heavy atom. The van der Waals surface area contributed by atoms with Gasteiger partial charge in [-0.15, -0.1) is 0 Å². The maximum atomic E-state index is 12.9. The molecule has 4 N–H and O–H groups in total. The number of unbranched alkanes of at least 4 members (excludes halogenated alkanes) is 7. The van der Waals surface area contributed by atoms with Gasteiger partial charge in [0.1, 0.15) is 25.5 Å². The molecular weight excluding hydrogens is 813 g/mol. The number of hydrogen-bond acceptors (Lipinski definition) is 11. The topological polar surface area (TPSA) is 186 Å². The molecule has 1 rings (SSSR count). The van der Waals surface area contributed by atoms with Gasteiger partial charge in [0.2, 0.25) is 0 Å². The van der Waals surface area contributed by atoms with Crippen molar-refractivity contribution in [1.29, 1.82) is 0 Å². The van der Waals surface area contributed by atoms with E-state index in [1.165, 1.54) is 0 Å². The predicted octanol–water partition coefficient (Wildman–Crippen LogP) is 8.80. The summed E-state index contributed by atoms with van der Waals surface area (Å²) in [6.45, 7) is 3.73. The zero-order valence-corrected chi connectivity index (χ0v) is 39.6. The van der Waals surface area contributed by atoms with Crippen LogP contribution in [0.25, 0.3) is 0 Å². The quantitative estimate of drug-likeness (QED) is 0.0153. The van der Waals surface area contributed by atoms with Gasteiger partial charge in [0.05, 0.1) is 46.1 Å². The number of phosphoric ester groups is 1. The molecule has 0 saturated heterocycles. The van der Waals surface area contributed by atoms with E-state index in [-0.39, 0.29) is 51.1 Å². The second-order valence-electron chi connectivity index (χ2n) is 17.4. The number of ether oxygens (including phenoxy) is 2. The lowest BCUT2D eigenvalue weighted by molar-refractivity contribution is -0.870. The van der Waals surface area contributed by atoms with Crippen LogP contribution in [-0.2, 0) is 37.5 Å². The second-order valence-corrected chi connectivity index (χ2v) is 18.8. The van der Waals surface area contributed by atoms with Crippen LogP contribution in [0.1, 0.15) is 142 Å². The molecule has 13 nitrogen and oxygen atoms in total. The Morgan fingerprint density at radius 1 is 0.742 bits per heavy atom. The molecule has 0 aromatic carbocycles. The first kappa shape index (κ1) is 57.3. The molecule has 0 bridgehead atoms. The van der Waals surface area contributed by atoms with Gasteiger partial charge in [0.15, 0.2) is 6.10 Å². The van der Waals surface area contributed by atoms with Crippen LogP contribution >= 0.6 is 7.82 Å². The van der Waals surface area contributed by atoms with Crippen LogP contribution in [0.15, 0.2) is 60.8 Å². The Balaban J connectivity index is 2.52. The number of allylic oxidation sites excluding steroid dienone is 8. The van der Waals surface area contributed by atoms with E-state index in [1.807, 2.05) is 21.1 Å². The van der Waals surface area contributed by atoms with E-state index in [9.17, 15) is 39.2 Å². The van der Waals surface area contributed by atoms with Crippen molar-refractivity contribution in [1.82, 2.24) is 0 Å². The lowest BCUT2D eigenvalue weighted by Crippen LogP contribution is -2.37. The fourth-order valence-electron chi connectivity index (χ4n) is 6.82. The first-order valence-electron chi connectivity index (χ1n) is 23.2. The van der Waals surface area contributed by atoms with Gasteiger partial charge < -0.3 is 34.2 Å². The molecule has 0 radical (unpaired) electrons. The molecule has 1 unspecified atom stereocenters. The summed E-state index contributed by atoms with van der Waals surface area (Å²) in [6.07, 6.45) is 30.4. The molecule has 0 aromatic rings. The van der Waals surface area contributed by atoms with Gasteiger partial charge in [0, 0.05) is 43.9 Å². The molecule has 1 aliphatic rings. The van der Waals surface area contributed by atoms with Crippen molar-refractivity contribution in [2.24, 2.45) is 11.8 Å². The van der Waals surface area contributed by atoms with E-state index in [4.69, 9.17) is 18.5 Å². The Morgan fingerprint density at radius 2 is 1.35 bits per heavy atom. The van der Waals surface area contributed by atoms with Gasteiger partial charge in [-0.1, -0.05) is 107 Å². The lowest BCUT2D eigenvalue weighted by Gasteiger charge is -2.24. The average molecular weight is 897 g/mol. The third-order valence-electron chi connectivity index (χ3n) is 10.5. The summed E-state index contributed by atoms with van der Waals surface area (Å²) in [5.74, 6) is -2.11. The average Bonchev–Trinajstić information content (AvgIpc) is 3.47. The Labute approximate surface area is 373 Å². The monoisotopic (exact) mass is 897 g/mol. The summed E-state index contributed by atoms with van der Waals surface area (Å²) in [5, 5.41) is 31.4. The van der Waals surface area contributed by atoms with Gasteiger partial charge >= 0.3 is 19.8 Å². The number of likely N-dealkylation sites (N-methyl/N-ethyl adjacent to an activating group) is 1. The number of carbonyl (C=O) groups excluding carboxylic acids is 3. The minimum Gasteiger partial charge on any atom is -0.462 e. The van der Waals surface area contributed by atoms with Crippen molar-refractivity contribution in [3.05, 3.63) is 60.8 Å². The highest BCUT2D eigenvalue weighted by Gasteiger charge is 2.41. The van der Waals surface area contributed by atoms with Crippen LogP contribution in [0.2, 0.25) is 0 Å². The van der Waals surface area contributed by atoms with E-state index in [0.717, 1.165) is 70.6 Å². The van der Waals surface area contributed by atoms with Crippen molar-refractivity contribution in [3.8, 4) is 0 Å². The first-order chi connectivity index (χ1) is 29.6. The van der Waals surface area contributed by atoms with Crippen LogP contribution in [0, 0.1) is 11.8 Å². The largest absolute Gasteiger partial charge is 0.472 e. The molecule has 7 atom stereocenters. The number of ketones is 1. The highest BCUT2D eigenvalue weighted by molar-refractivity contribution is 7.47. The summed E-state index contributed by atoms with van der Waals surface area (Å²) in [5.41, 5.74) is 0. The fraction of sp³-hybridized carbons (Fsp3) is 0.729. The molecule has 1 fully saturated rings. The van der Waals surface area contributed by atoms with Crippen molar-refractivity contribution in [2.75, 3.05) is 47.5 Å². The fourth-order valence-corrected chi connectivity index (χ4v) is 7.56. The summed E-state index contributed by atoms with van der Waals surface area (Å²) in [6, 6.07) is 0. The molecule has 0 spiro atoms. The van der Waals surface area contributed by atoms with E-state index in [2.05, 4.69) is 62.5 Å².